The summed E-state index contributed by atoms with van der Waals surface area (Å²) >= 11 is 11.1. The van der Waals surface area contributed by atoms with Gasteiger partial charge in [0.05, 0.1) is 10.9 Å². The summed E-state index contributed by atoms with van der Waals surface area (Å²) in [6.07, 6.45) is 8.58. The molecule has 2 atom stereocenters. The molecule has 0 bridgehead atoms. The second kappa shape index (κ2) is 15.5. The molecule has 0 saturated heterocycles. The zero-order chi connectivity index (χ0) is 24.9. The van der Waals surface area contributed by atoms with Crippen LogP contribution in [0.3, 0.4) is 0 Å². The summed E-state index contributed by atoms with van der Waals surface area (Å²) in [5.41, 5.74) is 0.343. The van der Waals surface area contributed by atoms with Crippen LogP contribution in [-0.4, -0.2) is 44.1 Å². The number of unbranched alkanes of at least 4 members (excludes halogenated alkanes) is 7. The number of ether oxygens (including phenoxy) is 1. The summed E-state index contributed by atoms with van der Waals surface area (Å²) < 4.78 is 42.8. The summed E-state index contributed by atoms with van der Waals surface area (Å²) in [5.74, 6) is -1.35. The van der Waals surface area contributed by atoms with Gasteiger partial charge < -0.3 is 10.1 Å². The average Bonchev–Trinajstić information content (AvgIpc) is 2.77. The zero-order valence-corrected chi connectivity index (χ0v) is 21.5. The molecule has 0 saturated carbocycles. The number of esters is 1. The van der Waals surface area contributed by atoms with E-state index in [2.05, 4.69) is 12.2 Å². The first-order chi connectivity index (χ1) is 15.6. The number of halogens is 3. The molecule has 1 aromatic rings. The molecule has 0 aliphatic carbocycles. The molecule has 0 unspecified atom stereocenters. The van der Waals surface area contributed by atoms with Crippen molar-refractivity contribution in [3.63, 3.8) is 0 Å². The third-order valence-corrected chi connectivity index (χ3v) is 6.71. The van der Waals surface area contributed by atoms with Gasteiger partial charge in [0.25, 0.3) is 5.91 Å². The monoisotopic (exact) mass is 525 g/mol. The Labute approximate surface area is 206 Å². The molecule has 33 heavy (non-hydrogen) atoms. The first kappa shape index (κ1) is 29.7. The largest absolute Gasteiger partial charge is 0.455 e. The van der Waals surface area contributed by atoms with E-state index in [0.717, 1.165) is 25.5 Å². The predicted octanol–water partition coefficient (Wildman–Crippen LogP) is 5.46. The van der Waals surface area contributed by atoms with E-state index >= 15 is 0 Å². The van der Waals surface area contributed by atoms with Crippen molar-refractivity contribution in [2.24, 2.45) is 0 Å². The highest BCUT2D eigenvalue weighted by Gasteiger charge is 2.30. The van der Waals surface area contributed by atoms with Crippen LogP contribution in [0.2, 0.25) is 0 Å². The summed E-state index contributed by atoms with van der Waals surface area (Å²) in [6.45, 7) is 1.12. The molecular formula is C23H34Cl2FNO5S. The highest BCUT2D eigenvalue weighted by Crippen LogP contribution is 2.25. The maximum Gasteiger partial charge on any atom is 0.306 e. The van der Waals surface area contributed by atoms with Gasteiger partial charge in [-0.15, -0.1) is 0 Å². The summed E-state index contributed by atoms with van der Waals surface area (Å²) in [5, 5.41) is 2.34. The highest BCUT2D eigenvalue weighted by atomic mass is 35.5. The van der Waals surface area contributed by atoms with E-state index in [1.807, 2.05) is 0 Å². The van der Waals surface area contributed by atoms with Gasteiger partial charge in [-0.1, -0.05) is 87.2 Å². The minimum Gasteiger partial charge on any atom is -0.455 e. The average molecular weight is 526 g/mol. The number of benzene rings is 1. The molecule has 0 aliphatic rings. The van der Waals surface area contributed by atoms with Crippen LogP contribution in [0.4, 0.5) is 4.39 Å². The van der Waals surface area contributed by atoms with Gasteiger partial charge in [-0.25, -0.2) is 12.8 Å². The number of alkyl halides is 3. The lowest BCUT2D eigenvalue weighted by Crippen LogP contribution is -2.44. The molecule has 0 aliphatic heterocycles. The van der Waals surface area contributed by atoms with Crippen molar-refractivity contribution >= 4 is 44.9 Å². The molecule has 1 amide bonds. The Kier molecular flexibility index (Phi) is 13.9. The van der Waals surface area contributed by atoms with Crippen LogP contribution < -0.4 is 5.32 Å². The van der Waals surface area contributed by atoms with Crippen molar-refractivity contribution < 1.29 is 27.1 Å². The van der Waals surface area contributed by atoms with E-state index < -0.39 is 45.4 Å². The normalized spacial score (nSPS) is 13.5. The number of carbonyl (C=O) groups excluding carboxylic acids is 2. The fourth-order valence-electron chi connectivity index (χ4n) is 3.33. The van der Waals surface area contributed by atoms with Gasteiger partial charge in [-0.3, -0.25) is 9.59 Å². The fraction of sp³-hybridized carbons (Fsp3) is 0.652. The van der Waals surface area contributed by atoms with E-state index in [1.54, 1.807) is 0 Å². The Balaban J connectivity index is 2.81. The van der Waals surface area contributed by atoms with Crippen molar-refractivity contribution in [2.75, 3.05) is 12.9 Å². The van der Waals surface area contributed by atoms with Crippen LogP contribution in [0.25, 0.3) is 0 Å². The molecule has 188 valence electrons. The lowest BCUT2D eigenvalue weighted by molar-refractivity contribution is -0.152. The molecule has 0 fully saturated rings. The second-order valence-electron chi connectivity index (χ2n) is 8.05. The summed E-state index contributed by atoms with van der Waals surface area (Å²) in [7, 11) is -3.44. The van der Waals surface area contributed by atoms with Crippen LogP contribution in [-0.2, 0) is 24.2 Å². The standard InChI is InChI=1S/C23H34Cl2FNO5S/c1-3-4-5-6-7-8-9-10-11-20(28)32-21(19(16-26)27-23(29)22(24)25)17-12-14-18(15-13-17)33(2,30)31/h12-15,19,21-22H,3-11,16H2,1-2H3,(H,27,29)/t19-,21-/m1/s1. The van der Waals surface area contributed by atoms with Crippen LogP contribution >= 0.6 is 23.2 Å². The Hall–Kier alpha value is -1.38. The Morgan fingerprint density at radius 3 is 2.03 bits per heavy atom. The van der Waals surface area contributed by atoms with Crippen molar-refractivity contribution in [3.05, 3.63) is 29.8 Å². The molecular weight excluding hydrogens is 492 g/mol. The van der Waals surface area contributed by atoms with Crippen LogP contribution in [0.15, 0.2) is 29.2 Å². The Bertz CT molecular complexity index is 834. The van der Waals surface area contributed by atoms with Crippen molar-refractivity contribution in [1.29, 1.82) is 0 Å². The lowest BCUT2D eigenvalue weighted by atomic mass is 10.0. The number of rotatable bonds is 16. The first-order valence-corrected chi connectivity index (χ1v) is 14.0. The van der Waals surface area contributed by atoms with E-state index in [1.165, 1.54) is 49.9 Å². The quantitative estimate of drug-likeness (QED) is 0.176. The van der Waals surface area contributed by atoms with E-state index in [4.69, 9.17) is 27.9 Å². The molecule has 0 heterocycles. The van der Waals surface area contributed by atoms with E-state index in [0.29, 0.717) is 12.0 Å². The number of amides is 1. The topological polar surface area (TPSA) is 89.5 Å². The number of sulfone groups is 1. The van der Waals surface area contributed by atoms with Crippen LogP contribution in [0, 0.1) is 0 Å². The molecule has 1 N–H and O–H groups in total. The molecule has 6 nitrogen and oxygen atoms in total. The maximum absolute atomic E-state index is 13.8. The maximum atomic E-state index is 13.8. The van der Waals surface area contributed by atoms with Gasteiger partial charge in [0.15, 0.2) is 14.7 Å². The third-order valence-electron chi connectivity index (χ3n) is 5.19. The summed E-state index contributed by atoms with van der Waals surface area (Å²) in [6, 6.07) is 4.31. The smallest absolute Gasteiger partial charge is 0.306 e. The van der Waals surface area contributed by atoms with Crippen LogP contribution in [0.1, 0.15) is 76.4 Å². The van der Waals surface area contributed by atoms with Gasteiger partial charge in [0.1, 0.15) is 12.8 Å². The van der Waals surface area contributed by atoms with Crippen LogP contribution in [0.5, 0.6) is 0 Å². The van der Waals surface area contributed by atoms with Gasteiger partial charge in [0, 0.05) is 12.7 Å². The Morgan fingerprint density at radius 2 is 1.55 bits per heavy atom. The lowest BCUT2D eigenvalue weighted by Gasteiger charge is -2.27. The predicted molar refractivity (Wildman–Crippen MR) is 129 cm³/mol. The molecule has 1 rings (SSSR count). The van der Waals surface area contributed by atoms with Crippen molar-refractivity contribution in [2.45, 2.75) is 86.6 Å². The zero-order valence-electron chi connectivity index (χ0n) is 19.2. The summed E-state index contributed by atoms with van der Waals surface area (Å²) in [4.78, 5) is 23.0. The number of carbonyl (C=O) groups is 2. The Morgan fingerprint density at radius 1 is 1.00 bits per heavy atom. The first-order valence-electron chi connectivity index (χ1n) is 11.2. The molecule has 1 aromatic carbocycles. The number of hydrogen-bond donors (Lipinski definition) is 1. The molecule has 0 spiro atoms. The van der Waals surface area contributed by atoms with Gasteiger partial charge in [-0.05, 0) is 24.1 Å². The highest BCUT2D eigenvalue weighted by molar-refractivity contribution is 7.90. The van der Waals surface area contributed by atoms with Crippen molar-refractivity contribution in [1.82, 2.24) is 5.32 Å². The third kappa shape index (κ3) is 11.5. The van der Waals surface area contributed by atoms with E-state index in [-0.39, 0.29) is 11.3 Å². The number of nitrogens with one attached hydrogen (secondary N) is 1. The van der Waals surface area contributed by atoms with Crippen molar-refractivity contribution in [3.8, 4) is 0 Å². The SMILES string of the molecule is CCCCCCCCCCC(=O)O[C@H](c1ccc(S(C)(=O)=O)cc1)[C@@H](CF)NC(=O)C(Cl)Cl. The second-order valence-corrected chi connectivity index (χ2v) is 11.2. The van der Waals surface area contributed by atoms with Gasteiger partial charge in [-0.2, -0.15) is 0 Å². The minimum absolute atomic E-state index is 0.0673. The number of hydrogen-bond acceptors (Lipinski definition) is 5. The molecule has 0 radical (unpaired) electrons. The fourth-order valence-corrected chi connectivity index (χ4v) is 4.09. The molecule has 10 heteroatoms. The van der Waals surface area contributed by atoms with Gasteiger partial charge in [0.2, 0.25) is 0 Å². The molecule has 0 aromatic heterocycles. The minimum atomic E-state index is -3.44. The van der Waals surface area contributed by atoms with Gasteiger partial charge >= 0.3 is 5.97 Å². The van der Waals surface area contributed by atoms with E-state index in [9.17, 15) is 22.4 Å².